The zero-order valence-corrected chi connectivity index (χ0v) is 13.6. The summed E-state index contributed by atoms with van der Waals surface area (Å²) in [6.07, 6.45) is 8.04. The van der Waals surface area contributed by atoms with E-state index < -0.39 is 0 Å². The minimum Gasteiger partial charge on any atom is -0.353 e. The SMILES string of the molecule is Cl.Cl.O=C(CC1CCCN1)NC1CCN2CCCC2C1. The molecule has 3 atom stereocenters. The van der Waals surface area contributed by atoms with E-state index in [1.807, 2.05) is 0 Å². The first-order chi connectivity index (χ1) is 8.81. The zero-order chi connectivity index (χ0) is 12.4. The highest BCUT2D eigenvalue weighted by molar-refractivity contribution is 5.85. The van der Waals surface area contributed by atoms with Gasteiger partial charge >= 0.3 is 0 Å². The van der Waals surface area contributed by atoms with Gasteiger partial charge in [0.25, 0.3) is 0 Å². The number of carbonyl (C=O) groups excluding carboxylic acids is 1. The summed E-state index contributed by atoms with van der Waals surface area (Å²) in [7, 11) is 0. The summed E-state index contributed by atoms with van der Waals surface area (Å²) < 4.78 is 0. The zero-order valence-electron chi connectivity index (χ0n) is 12.0. The Bertz CT molecular complexity index is 311. The predicted octanol–water partition coefficient (Wildman–Crippen LogP) is 1.72. The molecule has 3 aliphatic heterocycles. The maximum atomic E-state index is 12.0. The molecule has 1 amide bonds. The van der Waals surface area contributed by atoms with Crippen molar-refractivity contribution in [2.75, 3.05) is 19.6 Å². The Labute approximate surface area is 134 Å². The third kappa shape index (κ3) is 4.48. The fourth-order valence-electron chi connectivity index (χ4n) is 3.80. The van der Waals surface area contributed by atoms with Crippen molar-refractivity contribution >= 4 is 30.7 Å². The molecule has 0 aliphatic carbocycles. The fraction of sp³-hybridized carbons (Fsp3) is 0.929. The Hall–Kier alpha value is -0.0300. The highest BCUT2D eigenvalue weighted by Gasteiger charge is 2.32. The summed E-state index contributed by atoms with van der Waals surface area (Å²) in [4.78, 5) is 14.6. The summed E-state index contributed by atoms with van der Waals surface area (Å²) in [5.41, 5.74) is 0. The van der Waals surface area contributed by atoms with E-state index in [1.54, 1.807) is 0 Å². The van der Waals surface area contributed by atoms with E-state index in [0.717, 1.165) is 25.4 Å². The summed E-state index contributed by atoms with van der Waals surface area (Å²) in [6, 6.07) is 1.60. The number of hydrogen-bond acceptors (Lipinski definition) is 3. The molecular weight excluding hydrogens is 297 g/mol. The van der Waals surface area contributed by atoms with E-state index in [4.69, 9.17) is 0 Å². The number of amides is 1. The second-order valence-corrected chi connectivity index (χ2v) is 6.12. The van der Waals surface area contributed by atoms with Crippen LogP contribution in [-0.4, -0.2) is 48.6 Å². The Morgan fingerprint density at radius 2 is 2.00 bits per heavy atom. The van der Waals surface area contributed by atoms with Crippen LogP contribution >= 0.6 is 24.8 Å². The van der Waals surface area contributed by atoms with Gasteiger partial charge in [-0.2, -0.15) is 0 Å². The molecule has 0 aromatic rings. The highest BCUT2D eigenvalue weighted by atomic mass is 35.5. The number of rotatable bonds is 3. The van der Waals surface area contributed by atoms with Crippen molar-refractivity contribution < 1.29 is 4.79 Å². The normalized spacial score (nSPS) is 32.9. The average Bonchev–Trinajstić information content (AvgIpc) is 2.98. The summed E-state index contributed by atoms with van der Waals surface area (Å²) in [5, 5.41) is 6.65. The molecule has 3 unspecified atom stereocenters. The maximum Gasteiger partial charge on any atom is 0.221 e. The monoisotopic (exact) mass is 323 g/mol. The summed E-state index contributed by atoms with van der Waals surface area (Å²) >= 11 is 0. The standard InChI is InChI=1S/C14H25N3O.2ClH/c18-14(10-11-3-1-6-15-11)16-12-5-8-17-7-2-4-13(17)9-12;;/h11-13,15H,1-10H2,(H,16,18);2*1H. The van der Waals surface area contributed by atoms with Gasteiger partial charge in [-0.3, -0.25) is 4.79 Å². The van der Waals surface area contributed by atoms with Gasteiger partial charge in [-0.15, -0.1) is 24.8 Å². The van der Waals surface area contributed by atoms with Crippen LogP contribution in [0.4, 0.5) is 0 Å². The first-order valence-electron chi connectivity index (χ1n) is 7.58. The molecule has 0 radical (unpaired) electrons. The van der Waals surface area contributed by atoms with Crippen molar-refractivity contribution in [3.63, 3.8) is 0 Å². The van der Waals surface area contributed by atoms with Gasteiger partial charge in [0.15, 0.2) is 0 Å². The van der Waals surface area contributed by atoms with Crippen LogP contribution in [0.3, 0.4) is 0 Å². The molecular formula is C14H27Cl2N3O. The summed E-state index contributed by atoms with van der Waals surface area (Å²) in [5.74, 6) is 0.255. The topological polar surface area (TPSA) is 44.4 Å². The van der Waals surface area contributed by atoms with Crippen molar-refractivity contribution in [1.82, 2.24) is 15.5 Å². The Kier molecular flexibility index (Phi) is 7.59. The lowest BCUT2D eigenvalue weighted by atomic mass is 9.97. The molecule has 2 N–H and O–H groups in total. The van der Waals surface area contributed by atoms with Gasteiger partial charge in [0, 0.05) is 31.1 Å². The van der Waals surface area contributed by atoms with E-state index in [2.05, 4.69) is 15.5 Å². The quantitative estimate of drug-likeness (QED) is 0.831. The van der Waals surface area contributed by atoms with Crippen molar-refractivity contribution in [1.29, 1.82) is 0 Å². The molecule has 6 heteroatoms. The Morgan fingerprint density at radius 3 is 2.75 bits per heavy atom. The number of nitrogens with one attached hydrogen (secondary N) is 2. The number of piperidine rings is 1. The van der Waals surface area contributed by atoms with Gasteiger partial charge in [-0.1, -0.05) is 0 Å². The lowest BCUT2D eigenvalue weighted by molar-refractivity contribution is -0.122. The molecule has 0 bridgehead atoms. The van der Waals surface area contributed by atoms with Crippen molar-refractivity contribution in [2.24, 2.45) is 0 Å². The van der Waals surface area contributed by atoms with Crippen LogP contribution in [0.15, 0.2) is 0 Å². The van der Waals surface area contributed by atoms with Gasteiger partial charge in [-0.25, -0.2) is 0 Å². The second-order valence-electron chi connectivity index (χ2n) is 6.12. The van der Waals surface area contributed by atoms with Gasteiger partial charge < -0.3 is 15.5 Å². The predicted molar refractivity (Wildman–Crippen MR) is 85.9 cm³/mol. The molecule has 3 heterocycles. The molecule has 20 heavy (non-hydrogen) atoms. The number of halogens is 2. The molecule has 3 aliphatic rings. The molecule has 3 saturated heterocycles. The largest absolute Gasteiger partial charge is 0.353 e. The van der Waals surface area contributed by atoms with Crippen LogP contribution in [0.5, 0.6) is 0 Å². The Balaban J connectivity index is 0.000001000. The van der Waals surface area contributed by atoms with Crippen LogP contribution in [0.2, 0.25) is 0 Å². The minimum atomic E-state index is 0. The van der Waals surface area contributed by atoms with Crippen LogP contribution in [0.25, 0.3) is 0 Å². The lowest BCUT2D eigenvalue weighted by Gasteiger charge is -2.35. The van der Waals surface area contributed by atoms with E-state index in [0.29, 0.717) is 18.5 Å². The third-order valence-corrected chi connectivity index (χ3v) is 4.78. The van der Waals surface area contributed by atoms with Gasteiger partial charge in [0.05, 0.1) is 0 Å². The van der Waals surface area contributed by atoms with Gasteiger partial charge in [0.2, 0.25) is 5.91 Å². The van der Waals surface area contributed by atoms with E-state index >= 15 is 0 Å². The van der Waals surface area contributed by atoms with E-state index in [9.17, 15) is 4.79 Å². The first kappa shape index (κ1) is 18.0. The lowest BCUT2D eigenvalue weighted by Crippen LogP contribution is -2.48. The Morgan fingerprint density at radius 1 is 1.15 bits per heavy atom. The first-order valence-corrected chi connectivity index (χ1v) is 7.58. The molecule has 0 aromatic carbocycles. The third-order valence-electron chi connectivity index (χ3n) is 4.78. The molecule has 3 fully saturated rings. The van der Waals surface area contributed by atoms with Crippen LogP contribution < -0.4 is 10.6 Å². The number of fused-ring (bicyclic) bond motifs is 1. The maximum absolute atomic E-state index is 12.0. The van der Waals surface area contributed by atoms with Crippen molar-refractivity contribution in [3.05, 3.63) is 0 Å². The van der Waals surface area contributed by atoms with Crippen LogP contribution in [0.1, 0.15) is 44.9 Å². The van der Waals surface area contributed by atoms with E-state index in [-0.39, 0.29) is 30.7 Å². The second kappa shape index (κ2) is 8.42. The molecule has 0 aromatic heterocycles. The van der Waals surface area contributed by atoms with E-state index in [1.165, 1.54) is 38.8 Å². The van der Waals surface area contributed by atoms with Gasteiger partial charge in [-0.05, 0) is 51.6 Å². The molecule has 0 saturated carbocycles. The highest BCUT2D eigenvalue weighted by Crippen LogP contribution is 2.26. The average molecular weight is 324 g/mol. The number of nitrogens with zero attached hydrogens (tertiary/aromatic N) is 1. The minimum absolute atomic E-state index is 0. The van der Waals surface area contributed by atoms with Crippen molar-refractivity contribution in [3.8, 4) is 0 Å². The number of hydrogen-bond donors (Lipinski definition) is 2. The molecule has 0 spiro atoms. The summed E-state index contributed by atoms with van der Waals surface area (Å²) in [6.45, 7) is 3.53. The van der Waals surface area contributed by atoms with Crippen molar-refractivity contribution in [2.45, 2.75) is 63.1 Å². The van der Waals surface area contributed by atoms with Crippen LogP contribution in [-0.2, 0) is 4.79 Å². The molecule has 4 nitrogen and oxygen atoms in total. The van der Waals surface area contributed by atoms with Crippen LogP contribution in [0, 0.1) is 0 Å². The molecule has 3 rings (SSSR count). The van der Waals surface area contributed by atoms with Gasteiger partial charge in [0.1, 0.15) is 0 Å². The smallest absolute Gasteiger partial charge is 0.221 e. The fourth-order valence-corrected chi connectivity index (χ4v) is 3.80. The number of carbonyl (C=O) groups is 1. The molecule has 118 valence electrons.